The monoisotopic (exact) mass is 379 g/mol. The second-order valence-corrected chi connectivity index (χ2v) is 7.57. The Bertz CT molecular complexity index is 781. The number of ether oxygens (including phenoxy) is 1. The van der Waals surface area contributed by atoms with Crippen LogP contribution in [0.25, 0.3) is 0 Å². The van der Waals surface area contributed by atoms with Crippen LogP contribution in [0.4, 0.5) is 5.69 Å². The van der Waals surface area contributed by atoms with Crippen molar-refractivity contribution in [2.75, 3.05) is 51.3 Å². The molecule has 5 heteroatoms. The van der Waals surface area contributed by atoms with Gasteiger partial charge in [-0.15, -0.1) is 0 Å². The molecule has 0 unspecified atom stereocenters. The van der Waals surface area contributed by atoms with E-state index in [0.717, 1.165) is 63.4 Å². The molecule has 0 N–H and O–H groups in total. The molecule has 0 spiro atoms. The fraction of sp³-hybridized carbons (Fsp3) is 0.435. The van der Waals surface area contributed by atoms with E-state index in [1.807, 2.05) is 35.2 Å². The average Bonchev–Trinajstić information content (AvgIpc) is 3.30. The number of amides is 1. The average molecular weight is 380 g/mol. The largest absolute Gasteiger partial charge is 0.497 e. The first-order valence-electron chi connectivity index (χ1n) is 10.2. The predicted molar refractivity (Wildman–Crippen MR) is 112 cm³/mol. The smallest absolute Gasteiger partial charge is 0.244 e. The summed E-state index contributed by atoms with van der Waals surface area (Å²) in [5, 5.41) is 0. The normalized spacial score (nSPS) is 18.9. The number of methoxy groups -OCH3 is 1. The molecule has 148 valence electrons. The van der Waals surface area contributed by atoms with Crippen molar-refractivity contribution in [1.29, 1.82) is 0 Å². The first-order chi connectivity index (χ1) is 13.8. The molecular weight excluding hydrogens is 350 g/mol. The minimum atomic E-state index is -0.174. The van der Waals surface area contributed by atoms with Gasteiger partial charge < -0.3 is 14.5 Å². The van der Waals surface area contributed by atoms with Gasteiger partial charge in [0, 0.05) is 51.0 Å². The summed E-state index contributed by atoms with van der Waals surface area (Å²) in [4.78, 5) is 20.1. The molecule has 2 fully saturated rings. The Morgan fingerprint density at radius 2 is 1.61 bits per heavy atom. The number of nitrogens with zero attached hydrogens (tertiary/aromatic N) is 3. The lowest BCUT2D eigenvalue weighted by Crippen LogP contribution is -2.51. The van der Waals surface area contributed by atoms with E-state index >= 15 is 0 Å². The first-order valence-corrected chi connectivity index (χ1v) is 10.2. The van der Waals surface area contributed by atoms with Crippen molar-refractivity contribution in [3.63, 3.8) is 0 Å². The van der Waals surface area contributed by atoms with Crippen LogP contribution < -0.4 is 9.64 Å². The highest BCUT2D eigenvalue weighted by Gasteiger charge is 2.34. The van der Waals surface area contributed by atoms with E-state index < -0.39 is 0 Å². The summed E-state index contributed by atoms with van der Waals surface area (Å²) < 4.78 is 5.36. The van der Waals surface area contributed by atoms with Gasteiger partial charge in [0.15, 0.2) is 0 Å². The zero-order valence-corrected chi connectivity index (χ0v) is 16.6. The van der Waals surface area contributed by atoms with E-state index in [1.165, 1.54) is 5.69 Å². The second kappa shape index (κ2) is 8.65. The van der Waals surface area contributed by atoms with Crippen LogP contribution in [0.1, 0.15) is 24.4 Å². The molecule has 1 amide bonds. The molecule has 2 aliphatic rings. The molecule has 28 heavy (non-hydrogen) atoms. The number of likely N-dealkylation sites (tertiary alicyclic amines) is 1. The van der Waals surface area contributed by atoms with Crippen molar-refractivity contribution in [3.05, 3.63) is 60.2 Å². The van der Waals surface area contributed by atoms with Gasteiger partial charge in [0.2, 0.25) is 5.91 Å². The molecule has 0 radical (unpaired) electrons. The highest BCUT2D eigenvalue weighted by atomic mass is 16.5. The Balaban J connectivity index is 1.49. The van der Waals surface area contributed by atoms with Gasteiger partial charge >= 0.3 is 0 Å². The number of piperazine rings is 1. The summed E-state index contributed by atoms with van der Waals surface area (Å²) in [6, 6.07) is 18.3. The third kappa shape index (κ3) is 3.99. The molecule has 2 aliphatic heterocycles. The van der Waals surface area contributed by atoms with Crippen LogP contribution in [-0.2, 0) is 4.79 Å². The summed E-state index contributed by atoms with van der Waals surface area (Å²) in [5.41, 5.74) is 2.29. The van der Waals surface area contributed by atoms with Crippen molar-refractivity contribution in [2.24, 2.45) is 0 Å². The Labute approximate surface area is 167 Å². The van der Waals surface area contributed by atoms with Crippen molar-refractivity contribution in [3.8, 4) is 5.75 Å². The minimum absolute atomic E-state index is 0.174. The molecule has 0 saturated carbocycles. The summed E-state index contributed by atoms with van der Waals surface area (Å²) in [6.07, 6.45) is 2.24. The number of carbonyl (C=O) groups is 1. The van der Waals surface area contributed by atoms with Gasteiger partial charge in [0.1, 0.15) is 11.8 Å². The number of carbonyl (C=O) groups excluding carboxylic acids is 1. The van der Waals surface area contributed by atoms with Crippen LogP contribution in [0, 0.1) is 0 Å². The minimum Gasteiger partial charge on any atom is -0.497 e. The Morgan fingerprint density at radius 1 is 0.893 bits per heavy atom. The van der Waals surface area contributed by atoms with Gasteiger partial charge in [0.05, 0.1) is 7.11 Å². The summed E-state index contributed by atoms with van der Waals surface area (Å²) in [6.45, 7) is 5.35. The third-order valence-corrected chi connectivity index (χ3v) is 5.86. The SMILES string of the molecule is COc1cccc(N2CCN([C@H](C(=O)N3CCCC3)c3ccccc3)CC2)c1. The number of anilines is 1. The van der Waals surface area contributed by atoms with Crippen molar-refractivity contribution in [1.82, 2.24) is 9.80 Å². The fourth-order valence-corrected chi connectivity index (χ4v) is 4.30. The molecule has 2 aromatic carbocycles. The van der Waals surface area contributed by atoms with Gasteiger partial charge in [-0.25, -0.2) is 0 Å². The summed E-state index contributed by atoms with van der Waals surface area (Å²) >= 11 is 0. The number of hydrogen-bond donors (Lipinski definition) is 0. The van der Waals surface area contributed by atoms with E-state index in [4.69, 9.17) is 4.74 Å². The highest BCUT2D eigenvalue weighted by Crippen LogP contribution is 2.28. The van der Waals surface area contributed by atoms with Crippen LogP contribution in [0.3, 0.4) is 0 Å². The maximum atomic E-state index is 13.3. The van der Waals surface area contributed by atoms with Gasteiger partial charge in [-0.05, 0) is 30.5 Å². The first kappa shape index (κ1) is 18.8. The second-order valence-electron chi connectivity index (χ2n) is 7.57. The lowest BCUT2D eigenvalue weighted by Gasteiger charge is -2.40. The quantitative estimate of drug-likeness (QED) is 0.799. The highest BCUT2D eigenvalue weighted by molar-refractivity contribution is 5.83. The Hall–Kier alpha value is -2.53. The molecule has 5 nitrogen and oxygen atoms in total. The lowest BCUT2D eigenvalue weighted by atomic mass is 10.0. The molecule has 1 atom stereocenters. The molecule has 2 saturated heterocycles. The molecule has 2 aromatic rings. The fourth-order valence-electron chi connectivity index (χ4n) is 4.30. The van der Waals surface area contributed by atoms with Gasteiger partial charge in [-0.2, -0.15) is 0 Å². The standard InChI is InChI=1S/C23H29N3O2/c1-28-21-11-7-10-20(18-21)24-14-16-25(17-15-24)22(19-8-3-2-4-9-19)23(27)26-12-5-6-13-26/h2-4,7-11,18,22H,5-6,12-17H2,1H3/t22-/m0/s1. The zero-order valence-electron chi connectivity index (χ0n) is 16.6. The van der Waals surface area contributed by atoms with E-state index in [2.05, 4.69) is 34.1 Å². The van der Waals surface area contributed by atoms with Gasteiger partial charge in [-0.3, -0.25) is 9.69 Å². The van der Waals surface area contributed by atoms with Gasteiger partial charge in [-0.1, -0.05) is 36.4 Å². The number of rotatable bonds is 5. The van der Waals surface area contributed by atoms with E-state index in [-0.39, 0.29) is 11.9 Å². The van der Waals surface area contributed by atoms with Crippen LogP contribution >= 0.6 is 0 Å². The van der Waals surface area contributed by atoms with Crippen molar-refractivity contribution < 1.29 is 9.53 Å². The number of benzene rings is 2. The third-order valence-electron chi connectivity index (χ3n) is 5.86. The maximum Gasteiger partial charge on any atom is 0.244 e. The summed E-state index contributed by atoms with van der Waals surface area (Å²) in [5.74, 6) is 1.14. The molecule has 0 aliphatic carbocycles. The molecule has 0 aromatic heterocycles. The number of hydrogen-bond acceptors (Lipinski definition) is 4. The van der Waals surface area contributed by atoms with Crippen LogP contribution in [-0.4, -0.2) is 62.1 Å². The van der Waals surface area contributed by atoms with Gasteiger partial charge in [0.25, 0.3) is 0 Å². The van der Waals surface area contributed by atoms with E-state index in [1.54, 1.807) is 7.11 Å². The van der Waals surface area contributed by atoms with E-state index in [9.17, 15) is 4.79 Å². The molecule has 0 bridgehead atoms. The topological polar surface area (TPSA) is 36.0 Å². The van der Waals surface area contributed by atoms with Crippen LogP contribution in [0.15, 0.2) is 54.6 Å². The van der Waals surface area contributed by atoms with Crippen LogP contribution in [0.2, 0.25) is 0 Å². The predicted octanol–water partition coefficient (Wildman–Crippen LogP) is 3.18. The summed E-state index contributed by atoms with van der Waals surface area (Å²) in [7, 11) is 1.70. The van der Waals surface area contributed by atoms with Crippen LogP contribution in [0.5, 0.6) is 5.75 Å². The van der Waals surface area contributed by atoms with Crippen molar-refractivity contribution in [2.45, 2.75) is 18.9 Å². The molecular formula is C23H29N3O2. The van der Waals surface area contributed by atoms with E-state index in [0.29, 0.717) is 0 Å². The molecule has 2 heterocycles. The Kier molecular flexibility index (Phi) is 5.81. The molecule has 4 rings (SSSR count). The van der Waals surface area contributed by atoms with Crippen molar-refractivity contribution >= 4 is 11.6 Å². The Morgan fingerprint density at radius 3 is 2.29 bits per heavy atom. The zero-order chi connectivity index (χ0) is 19.3. The maximum absolute atomic E-state index is 13.3. The lowest BCUT2D eigenvalue weighted by molar-refractivity contribution is -0.136.